The lowest BCUT2D eigenvalue weighted by Gasteiger charge is -2.13. The Morgan fingerprint density at radius 2 is 1.70 bits per heavy atom. The van der Waals surface area contributed by atoms with Gasteiger partial charge in [-0.25, -0.2) is 13.5 Å². The monoisotopic (exact) mass is 404 g/mol. The molecule has 4 nitrogen and oxygen atoms in total. The van der Waals surface area contributed by atoms with E-state index in [0.29, 0.717) is 22.6 Å². The number of rotatable bonds is 5. The molecule has 1 atom stereocenters. The number of aromatic nitrogens is 2. The third-order valence-corrected chi connectivity index (χ3v) is 4.66. The van der Waals surface area contributed by atoms with Crippen molar-refractivity contribution >= 4 is 5.91 Å². The van der Waals surface area contributed by atoms with Crippen molar-refractivity contribution in [3.8, 4) is 16.9 Å². The summed E-state index contributed by atoms with van der Waals surface area (Å²) < 4.78 is 34.6. The SMILES string of the molecule is CC(Oc1ccc(-c2ccccc2)c(F)c1)c1ccn(C(=O)c2ccc(F)cc2)n1. The summed E-state index contributed by atoms with van der Waals surface area (Å²) >= 11 is 0. The number of ether oxygens (including phenoxy) is 1. The van der Waals surface area contributed by atoms with Crippen LogP contribution in [0.5, 0.6) is 5.75 Å². The highest BCUT2D eigenvalue weighted by molar-refractivity contribution is 5.95. The highest BCUT2D eigenvalue weighted by Crippen LogP contribution is 2.28. The van der Waals surface area contributed by atoms with E-state index in [1.54, 1.807) is 25.1 Å². The minimum atomic E-state index is -0.505. The molecule has 6 heteroatoms. The normalized spacial score (nSPS) is 11.8. The average molecular weight is 404 g/mol. The summed E-state index contributed by atoms with van der Waals surface area (Å²) in [5.74, 6) is -0.825. The van der Waals surface area contributed by atoms with Crippen LogP contribution in [0.15, 0.2) is 85.1 Å². The van der Waals surface area contributed by atoms with E-state index in [2.05, 4.69) is 5.10 Å². The predicted octanol–water partition coefficient (Wildman–Crippen LogP) is 5.66. The third kappa shape index (κ3) is 4.12. The molecule has 0 spiro atoms. The molecule has 0 saturated carbocycles. The van der Waals surface area contributed by atoms with Gasteiger partial charge in [0.1, 0.15) is 29.2 Å². The van der Waals surface area contributed by atoms with Gasteiger partial charge in [0.05, 0.1) is 0 Å². The molecule has 1 unspecified atom stereocenters. The standard InChI is InChI=1S/C24H18F2N2O2/c1-16(23-13-14-28(27-23)24(29)18-7-9-19(25)10-8-18)30-20-11-12-21(22(26)15-20)17-5-3-2-4-6-17/h2-16H,1H3. The average Bonchev–Trinajstić information content (AvgIpc) is 3.25. The lowest BCUT2D eigenvalue weighted by molar-refractivity contribution is 0.0943. The Morgan fingerprint density at radius 1 is 0.967 bits per heavy atom. The molecule has 1 heterocycles. The van der Waals surface area contributed by atoms with Gasteiger partial charge in [0, 0.05) is 23.4 Å². The van der Waals surface area contributed by atoms with E-state index >= 15 is 0 Å². The van der Waals surface area contributed by atoms with Crippen LogP contribution in [0.1, 0.15) is 29.1 Å². The molecule has 0 bridgehead atoms. The summed E-state index contributed by atoms with van der Waals surface area (Å²) in [6, 6.07) is 20.8. The predicted molar refractivity (Wildman–Crippen MR) is 109 cm³/mol. The second kappa shape index (κ2) is 8.29. The molecule has 3 aromatic carbocycles. The number of carbonyl (C=O) groups excluding carboxylic acids is 1. The van der Waals surface area contributed by atoms with E-state index in [4.69, 9.17) is 4.74 Å². The topological polar surface area (TPSA) is 44.1 Å². The number of nitrogens with zero attached hydrogens (tertiary/aromatic N) is 2. The summed E-state index contributed by atoms with van der Waals surface area (Å²) in [4.78, 5) is 12.5. The van der Waals surface area contributed by atoms with Crippen LogP contribution >= 0.6 is 0 Å². The van der Waals surface area contributed by atoms with Gasteiger partial charge in [-0.1, -0.05) is 30.3 Å². The highest BCUT2D eigenvalue weighted by Gasteiger charge is 2.16. The van der Waals surface area contributed by atoms with Crippen molar-refractivity contribution in [3.05, 3.63) is 108 Å². The Labute approximate surface area is 172 Å². The first-order valence-corrected chi connectivity index (χ1v) is 9.39. The Kier molecular flexibility index (Phi) is 5.39. The smallest absolute Gasteiger partial charge is 0.278 e. The molecule has 0 aliphatic carbocycles. The maximum atomic E-state index is 14.5. The first kappa shape index (κ1) is 19.5. The molecule has 150 valence electrons. The van der Waals surface area contributed by atoms with Crippen LogP contribution < -0.4 is 4.74 Å². The molecular formula is C24H18F2N2O2. The fourth-order valence-corrected chi connectivity index (χ4v) is 3.08. The maximum Gasteiger partial charge on any atom is 0.278 e. The van der Waals surface area contributed by atoms with Crippen molar-refractivity contribution < 1.29 is 18.3 Å². The summed E-state index contributed by atoms with van der Waals surface area (Å²) in [5.41, 5.74) is 2.11. The number of hydrogen-bond acceptors (Lipinski definition) is 3. The molecule has 0 N–H and O–H groups in total. The Balaban J connectivity index is 1.48. The number of halogens is 2. The molecule has 0 aliphatic rings. The van der Waals surface area contributed by atoms with Crippen molar-refractivity contribution in [2.24, 2.45) is 0 Å². The van der Waals surface area contributed by atoms with Crippen LogP contribution in [-0.4, -0.2) is 15.7 Å². The molecule has 0 saturated heterocycles. The van der Waals surface area contributed by atoms with Crippen molar-refractivity contribution in [2.75, 3.05) is 0 Å². The van der Waals surface area contributed by atoms with Crippen LogP contribution in [0.3, 0.4) is 0 Å². The van der Waals surface area contributed by atoms with Gasteiger partial charge in [-0.05, 0) is 55.0 Å². The zero-order valence-corrected chi connectivity index (χ0v) is 16.1. The molecule has 4 rings (SSSR count). The minimum Gasteiger partial charge on any atom is -0.484 e. The maximum absolute atomic E-state index is 14.5. The fraction of sp³-hybridized carbons (Fsp3) is 0.0833. The van der Waals surface area contributed by atoms with Gasteiger partial charge in [-0.15, -0.1) is 0 Å². The second-order valence-corrected chi connectivity index (χ2v) is 6.76. The van der Waals surface area contributed by atoms with E-state index in [0.717, 1.165) is 5.56 Å². The summed E-state index contributed by atoms with van der Waals surface area (Å²) in [6.45, 7) is 1.76. The van der Waals surface area contributed by atoms with E-state index in [9.17, 15) is 13.6 Å². The molecule has 1 aromatic heterocycles. The number of benzene rings is 3. The Hall–Kier alpha value is -3.80. The quantitative estimate of drug-likeness (QED) is 0.431. The van der Waals surface area contributed by atoms with Crippen molar-refractivity contribution in [3.63, 3.8) is 0 Å². The molecule has 4 aromatic rings. The third-order valence-electron chi connectivity index (χ3n) is 4.66. The van der Waals surface area contributed by atoms with Crippen molar-refractivity contribution in [2.45, 2.75) is 13.0 Å². The fourth-order valence-electron chi connectivity index (χ4n) is 3.08. The van der Waals surface area contributed by atoms with Gasteiger partial charge in [0.25, 0.3) is 5.91 Å². The molecular weight excluding hydrogens is 386 g/mol. The lowest BCUT2D eigenvalue weighted by atomic mass is 10.1. The minimum absolute atomic E-state index is 0.318. The number of carbonyl (C=O) groups is 1. The van der Waals surface area contributed by atoms with Gasteiger partial charge < -0.3 is 4.74 Å². The van der Waals surface area contributed by atoms with Crippen LogP contribution in [-0.2, 0) is 0 Å². The largest absolute Gasteiger partial charge is 0.484 e. The first-order valence-electron chi connectivity index (χ1n) is 9.39. The van der Waals surface area contributed by atoms with E-state index < -0.39 is 11.9 Å². The molecule has 30 heavy (non-hydrogen) atoms. The molecule has 0 radical (unpaired) electrons. The first-order chi connectivity index (χ1) is 14.5. The summed E-state index contributed by atoms with van der Waals surface area (Å²) in [5, 5.41) is 4.25. The van der Waals surface area contributed by atoms with Crippen molar-refractivity contribution in [1.29, 1.82) is 0 Å². The molecule has 0 amide bonds. The van der Waals surface area contributed by atoms with Crippen LogP contribution in [0.2, 0.25) is 0 Å². The van der Waals surface area contributed by atoms with Crippen LogP contribution in [0.25, 0.3) is 11.1 Å². The number of hydrogen-bond donors (Lipinski definition) is 0. The zero-order valence-electron chi connectivity index (χ0n) is 16.1. The highest BCUT2D eigenvalue weighted by atomic mass is 19.1. The van der Waals surface area contributed by atoms with Crippen LogP contribution in [0.4, 0.5) is 8.78 Å². The van der Waals surface area contributed by atoms with Gasteiger partial charge in [-0.2, -0.15) is 5.10 Å². The summed E-state index contributed by atoms with van der Waals surface area (Å²) in [7, 11) is 0. The van der Waals surface area contributed by atoms with Gasteiger partial charge in [0.15, 0.2) is 0 Å². The Bertz CT molecular complexity index is 1170. The zero-order chi connectivity index (χ0) is 21.1. The Morgan fingerprint density at radius 3 is 2.40 bits per heavy atom. The molecule has 0 aliphatic heterocycles. The summed E-state index contributed by atoms with van der Waals surface area (Å²) in [6.07, 6.45) is 1.01. The van der Waals surface area contributed by atoms with E-state index in [-0.39, 0.29) is 11.7 Å². The lowest BCUT2D eigenvalue weighted by Crippen LogP contribution is -2.14. The second-order valence-electron chi connectivity index (χ2n) is 6.76. The van der Waals surface area contributed by atoms with Gasteiger partial charge >= 0.3 is 0 Å². The van der Waals surface area contributed by atoms with Crippen molar-refractivity contribution in [1.82, 2.24) is 9.78 Å². The molecule has 0 fully saturated rings. The van der Waals surface area contributed by atoms with Crippen LogP contribution in [0, 0.1) is 11.6 Å². The van der Waals surface area contributed by atoms with E-state index in [1.165, 1.54) is 41.2 Å². The van der Waals surface area contributed by atoms with Gasteiger partial charge in [0.2, 0.25) is 0 Å². The van der Waals surface area contributed by atoms with Gasteiger partial charge in [-0.3, -0.25) is 4.79 Å². The van der Waals surface area contributed by atoms with E-state index in [1.807, 2.05) is 30.3 Å².